The second-order valence-corrected chi connectivity index (χ2v) is 8.72. The second kappa shape index (κ2) is 17.9. The van der Waals surface area contributed by atoms with E-state index in [4.69, 9.17) is 5.73 Å². The number of nitrogens with two attached hydrogens (primary N) is 1. The van der Waals surface area contributed by atoms with Crippen molar-refractivity contribution in [2.75, 3.05) is 13.1 Å². The Morgan fingerprint density at radius 1 is 1.20 bits per heavy atom. The van der Waals surface area contributed by atoms with Crippen LogP contribution in [0.2, 0.25) is 0 Å². The van der Waals surface area contributed by atoms with E-state index in [9.17, 15) is 9.59 Å². The number of rotatable bonds is 5. The third-order valence-corrected chi connectivity index (χ3v) is 4.63. The maximum absolute atomic E-state index is 10.9. The van der Waals surface area contributed by atoms with Crippen LogP contribution < -0.4 is 16.4 Å². The molecule has 0 spiro atoms. The van der Waals surface area contributed by atoms with Crippen molar-refractivity contribution in [2.45, 2.75) is 86.1 Å². The van der Waals surface area contributed by atoms with Crippen LogP contribution in [0.5, 0.6) is 0 Å². The van der Waals surface area contributed by atoms with Crippen molar-refractivity contribution in [3.05, 3.63) is 34.9 Å². The van der Waals surface area contributed by atoms with E-state index in [-0.39, 0.29) is 5.91 Å². The predicted molar refractivity (Wildman–Crippen MR) is 127 cm³/mol. The van der Waals surface area contributed by atoms with Gasteiger partial charge in [-0.25, -0.2) is 0 Å². The monoisotopic (exact) mass is 419 g/mol. The Labute approximate surface area is 184 Å². The van der Waals surface area contributed by atoms with Crippen molar-refractivity contribution in [3.8, 4) is 0 Å². The van der Waals surface area contributed by atoms with Crippen molar-refractivity contribution < 1.29 is 9.59 Å². The van der Waals surface area contributed by atoms with Crippen molar-refractivity contribution in [3.63, 3.8) is 0 Å². The molecule has 3 rings (SSSR count). The Kier molecular flexibility index (Phi) is 16.8. The van der Waals surface area contributed by atoms with Gasteiger partial charge < -0.3 is 16.4 Å². The third kappa shape index (κ3) is 14.2. The van der Waals surface area contributed by atoms with Crippen LogP contribution in [-0.2, 0) is 17.8 Å². The number of primary amides is 1. The quantitative estimate of drug-likeness (QED) is 0.472. The smallest absolute Gasteiger partial charge is 0.248 e. The van der Waals surface area contributed by atoms with Crippen LogP contribution in [0.25, 0.3) is 0 Å². The maximum atomic E-state index is 10.9. The van der Waals surface area contributed by atoms with E-state index in [0.717, 1.165) is 44.3 Å². The maximum Gasteiger partial charge on any atom is 0.248 e. The number of hydrogen-bond acceptors (Lipinski definition) is 3. The average molecular weight is 420 g/mol. The lowest BCUT2D eigenvalue weighted by Gasteiger charge is -2.17. The van der Waals surface area contributed by atoms with Gasteiger partial charge in [-0.1, -0.05) is 72.8 Å². The van der Waals surface area contributed by atoms with Crippen LogP contribution in [0.4, 0.5) is 0 Å². The van der Waals surface area contributed by atoms with Gasteiger partial charge in [0.2, 0.25) is 12.3 Å². The molecule has 1 aliphatic heterocycles. The molecule has 1 aliphatic carbocycles. The normalized spacial score (nSPS) is 14.7. The van der Waals surface area contributed by atoms with Crippen molar-refractivity contribution in [1.29, 1.82) is 0 Å². The summed E-state index contributed by atoms with van der Waals surface area (Å²) in [6, 6.07) is 5.67. The summed E-state index contributed by atoms with van der Waals surface area (Å²) in [7, 11) is 0. The van der Waals surface area contributed by atoms with E-state index in [2.05, 4.69) is 45.3 Å². The second-order valence-electron chi connectivity index (χ2n) is 8.72. The number of fused-ring (bicyclic) bond motifs is 1. The number of carbonyl (C=O) groups is 2. The van der Waals surface area contributed by atoms with Crippen LogP contribution >= 0.6 is 0 Å². The first-order valence-electron chi connectivity index (χ1n) is 11.6. The summed E-state index contributed by atoms with van der Waals surface area (Å²) >= 11 is 0. The fraction of sp³-hybridized carbons (Fsp3) is 0.680. The molecule has 0 atom stereocenters. The van der Waals surface area contributed by atoms with Crippen LogP contribution in [0, 0.1) is 11.8 Å². The molecule has 0 unspecified atom stereocenters. The topological polar surface area (TPSA) is 84.2 Å². The van der Waals surface area contributed by atoms with E-state index >= 15 is 0 Å². The highest BCUT2D eigenvalue weighted by Gasteiger charge is 2.13. The minimum Gasteiger partial charge on any atom is -0.366 e. The van der Waals surface area contributed by atoms with Crippen LogP contribution in [0.15, 0.2) is 18.2 Å². The Balaban J connectivity index is 0.000000439. The molecular formula is C25H45N3O2. The van der Waals surface area contributed by atoms with Gasteiger partial charge in [0.1, 0.15) is 0 Å². The van der Waals surface area contributed by atoms with Crippen LogP contribution in [0.3, 0.4) is 0 Å². The number of nitrogens with one attached hydrogen (secondary N) is 2. The van der Waals surface area contributed by atoms with E-state index in [1.54, 1.807) is 6.07 Å². The van der Waals surface area contributed by atoms with Crippen LogP contribution in [0.1, 0.15) is 94.6 Å². The highest BCUT2D eigenvalue weighted by Crippen LogP contribution is 2.26. The minimum absolute atomic E-state index is 0.353. The molecule has 1 heterocycles. The molecule has 2 amide bonds. The van der Waals surface area contributed by atoms with Gasteiger partial charge in [0, 0.05) is 18.7 Å². The molecule has 4 N–H and O–H groups in total. The number of carbonyl (C=O) groups excluding carboxylic acids is 2. The molecule has 30 heavy (non-hydrogen) atoms. The predicted octanol–water partition coefficient (Wildman–Crippen LogP) is 4.82. The molecule has 2 aliphatic rings. The number of amides is 2. The zero-order valence-corrected chi connectivity index (χ0v) is 19.9. The Morgan fingerprint density at radius 2 is 1.80 bits per heavy atom. The van der Waals surface area contributed by atoms with Gasteiger partial charge in [0.15, 0.2) is 0 Å². The molecule has 172 valence electrons. The first-order valence-corrected chi connectivity index (χ1v) is 11.6. The standard InChI is InChI=1S/C10H12N2O.C8H15NO.C4H10.C3H8/c11-10(13)8-2-1-7-3-4-12-6-9(7)5-8;10-7-9-6-5-8-3-1-2-4-8;1-4(2)3;1-3-2/h1-2,5,12H,3-4,6H2,(H2,11,13);7-8H,1-6H2,(H,9,10);4H,1-3H3;3H2,1-2H3. The van der Waals surface area contributed by atoms with E-state index in [1.165, 1.54) is 49.7 Å². The Hall–Kier alpha value is -1.88. The Morgan fingerprint density at radius 3 is 2.33 bits per heavy atom. The van der Waals surface area contributed by atoms with Crippen LogP contribution in [-0.4, -0.2) is 25.4 Å². The highest BCUT2D eigenvalue weighted by molar-refractivity contribution is 5.93. The van der Waals surface area contributed by atoms with Gasteiger partial charge in [0.05, 0.1) is 0 Å². The fourth-order valence-electron chi connectivity index (χ4n) is 3.28. The summed E-state index contributed by atoms with van der Waals surface area (Å²) < 4.78 is 0. The molecular weight excluding hydrogens is 374 g/mol. The molecule has 1 aromatic carbocycles. The molecule has 0 aromatic heterocycles. The SMILES string of the molecule is CC(C)C.CCC.NC(=O)c1ccc2c(c1)CNCC2.O=CNCCC1CCCC1. The molecule has 0 bridgehead atoms. The summed E-state index contributed by atoms with van der Waals surface area (Å²) in [6.45, 7) is 13.5. The highest BCUT2D eigenvalue weighted by atomic mass is 16.1. The van der Waals surface area contributed by atoms with Gasteiger partial charge in [-0.3, -0.25) is 9.59 Å². The number of benzene rings is 1. The van der Waals surface area contributed by atoms with Crippen molar-refractivity contribution in [2.24, 2.45) is 17.6 Å². The fourth-order valence-corrected chi connectivity index (χ4v) is 3.28. The van der Waals surface area contributed by atoms with E-state index in [0.29, 0.717) is 5.56 Å². The van der Waals surface area contributed by atoms with E-state index < -0.39 is 0 Å². The molecule has 1 saturated carbocycles. The summed E-state index contributed by atoms with van der Waals surface area (Å²) in [5, 5.41) is 5.95. The zero-order valence-electron chi connectivity index (χ0n) is 19.9. The molecule has 1 fully saturated rings. The van der Waals surface area contributed by atoms with Crippen molar-refractivity contribution >= 4 is 12.3 Å². The largest absolute Gasteiger partial charge is 0.366 e. The molecule has 0 saturated heterocycles. The average Bonchev–Trinajstić information content (AvgIpc) is 3.22. The third-order valence-electron chi connectivity index (χ3n) is 4.63. The van der Waals surface area contributed by atoms with Crippen molar-refractivity contribution in [1.82, 2.24) is 10.6 Å². The Bertz CT molecular complexity index is 579. The van der Waals surface area contributed by atoms with E-state index in [1.807, 2.05) is 12.1 Å². The zero-order chi connectivity index (χ0) is 22.8. The first kappa shape index (κ1) is 28.1. The summed E-state index contributed by atoms with van der Waals surface area (Å²) in [5.41, 5.74) is 8.31. The number of hydrogen-bond donors (Lipinski definition) is 3. The lowest BCUT2D eigenvalue weighted by Crippen LogP contribution is -2.24. The van der Waals surface area contributed by atoms with Gasteiger partial charge in [0.25, 0.3) is 0 Å². The molecule has 5 heteroatoms. The summed E-state index contributed by atoms with van der Waals surface area (Å²) in [4.78, 5) is 20.8. The van der Waals surface area contributed by atoms with Gasteiger partial charge in [-0.2, -0.15) is 0 Å². The molecule has 5 nitrogen and oxygen atoms in total. The molecule has 1 aromatic rings. The minimum atomic E-state index is -0.353. The first-order chi connectivity index (χ1) is 14.3. The van der Waals surface area contributed by atoms with Gasteiger partial charge in [-0.15, -0.1) is 0 Å². The lowest BCUT2D eigenvalue weighted by atomic mass is 9.98. The lowest BCUT2D eigenvalue weighted by molar-refractivity contribution is -0.109. The summed E-state index contributed by atoms with van der Waals surface area (Å²) in [5.74, 6) is 1.38. The van der Waals surface area contributed by atoms with Gasteiger partial charge >= 0.3 is 0 Å². The van der Waals surface area contributed by atoms with Gasteiger partial charge in [-0.05, 0) is 54.5 Å². The summed E-state index contributed by atoms with van der Waals surface area (Å²) in [6.07, 6.45) is 9.79. The molecule has 0 radical (unpaired) electrons.